The lowest BCUT2D eigenvalue weighted by atomic mass is 9.87. The van der Waals surface area contributed by atoms with Crippen LogP contribution in [0.5, 0.6) is 0 Å². The number of nitrogen functional groups attached to an aromatic ring is 1. The van der Waals surface area contributed by atoms with Crippen LogP contribution in [0.1, 0.15) is 47.9 Å². The van der Waals surface area contributed by atoms with E-state index in [1.54, 1.807) is 10.7 Å². The fourth-order valence-electron chi connectivity index (χ4n) is 5.70. The summed E-state index contributed by atoms with van der Waals surface area (Å²) < 4.78 is 1.69. The second kappa shape index (κ2) is 7.11. The first-order valence-corrected chi connectivity index (χ1v) is 11.4. The summed E-state index contributed by atoms with van der Waals surface area (Å²) in [7, 11) is 0. The second-order valence-electron chi connectivity index (χ2n) is 9.17. The molecule has 0 radical (unpaired) electrons. The van der Waals surface area contributed by atoms with Gasteiger partial charge in [0.15, 0.2) is 5.65 Å². The zero-order valence-electron chi connectivity index (χ0n) is 18.2. The molecule has 0 aliphatic carbocycles. The van der Waals surface area contributed by atoms with Crippen molar-refractivity contribution in [1.29, 1.82) is 0 Å². The van der Waals surface area contributed by atoms with Gasteiger partial charge in [-0.05, 0) is 37.3 Å². The third kappa shape index (κ3) is 2.82. The zero-order valence-corrected chi connectivity index (χ0v) is 18.2. The lowest BCUT2D eigenvalue weighted by Crippen LogP contribution is -2.46. The van der Waals surface area contributed by atoms with Gasteiger partial charge < -0.3 is 10.6 Å². The standard InChI is InChI=1S/C23H22N10O/c24-20-8-18(14-5-15-3-4-16(6-14)32(15)23(34)21-25-11-27-31-21)29-22-17(10-28-33(20)22)12-1-2-13-9-26-30-19(13)7-12/h1-2,7-11,14-16H,3-6,24H2,(H,26,30)(H,25,27,31). The van der Waals surface area contributed by atoms with Crippen molar-refractivity contribution in [3.05, 3.63) is 54.5 Å². The third-order valence-corrected chi connectivity index (χ3v) is 7.28. The number of nitrogens with zero attached hydrogens (tertiary/aromatic N) is 7. The van der Waals surface area contributed by atoms with Crippen molar-refractivity contribution in [3.63, 3.8) is 0 Å². The van der Waals surface area contributed by atoms with Gasteiger partial charge in [0.1, 0.15) is 12.1 Å². The second-order valence-corrected chi connectivity index (χ2v) is 9.17. The minimum Gasteiger partial charge on any atom is -0.384 e. The van der Waals surface area contributed by atoms with E-state index in [1.807, 2.05) is 29.3 Å². The van der Waals surface area contributed by atoms with Crippen molar-refractivity contribution in [1.82, 2.24) is 44.9 Å². The normalized spacial score (nSPS) is 22.1. The van der Waals surface area contributed by atoms with E-state index in [2.05, 4.69) is 36.5 Å². The van der Waals surface area contributed by atoms with Crippen LogP contribution in [0.4, 0.5) is 5.82 Å². The fraction of sp³-hybridized carbons (Fsp3) is 0.304. The Kier molecular flexibility index (Phi) is 4.02. The molecule has 0 saturated carbocycles. The summed E-state index contributed by atoms with van der Waals surface area (Å²) in [5.74, 6) is 1.01. The molecule has 2 aliphatic rings. The van der Waals surface area contributed by atoms with E-state index in [1.165, 1.54) is 6.33 Å². The van der Waals surface area contributed by atoms with Gasteiger partial charge >= 0.3 is 0 Å². The molecule has 34 heavy (non-hydrogen) atoms. The highest BCUT2D eigenvalue weighted by atomic mass is 16.2. The van der Waals surface area contributed by atoms with E-state index in [0.29, 0.717) is 11.6 Å². The van der Waals surface area contributed by atoms with E-state index in [0.717, 1.165) is 59.1 Å². The number of H-pyrrole nitrogens is 2. The molecule has 5 aromatic rings. The molecule has 2 aliphatic heterocycles. The predicted octanol–water partition coefficient (Wildman–Crippen LogP) is 2.52. The van der Waals surface area contributed by atoms with Crippen LogP contribution in [0.25, 0.3) is 27.7 Å². The number of rotatable bonds is 3. The van der Waals surface area contributed by atoms with Gasteiger partial charge in [-0.15, -0.1) is 0 Å². The monoisotopic (exact) mass is 454 g/mol. The lowest BCUT2D eigenvalue weighted by Gasteiger charge is -2.38. The Morgan fingerprint density at radius 2 is 1.91 bits per heavy atom. The van der Waals surface area contributed by atoms with Crippen molar-refractivity contribution in [2.24, 2.45) is 0 Å². The van der Waals surface area contributed by atoms with E-state index in [4.69, 9.17) is 10.7 Å². The summed E-state index contributed by atoms with van der Waals surface area (Å²) in [6.07, 6.45) is 8.66. The Bertz CT molecular complexity index is 1520. The molecule has 2 atom stereocenters. The van der Waals surface area contributed by atoms with Crippen LogP contribution in [0.3, 0.4) is 0 Å². The molecule has 11 heteroatoms. The molecule has 1 aromatic carbocycles. The van der Waals surface area contributed by atoms with Crippen LogP contribution in [0.15, 0.2) is 43.0 Å². The molecule has 11 nitrogen and oxygen atoms in total. The molecule has 4 aromatic heterocycles. The number of benzene rings is 1. The number of nitrogens with one attached hydrogen (secondary N) is 2. The Labute approximate surface area is 193 Å². The molecular formula is C23H22N10O. The lowest BCUT2D eigenvalue weighted by molar-refractivity contribution is 0.0557. The van der Waals surface area contributed by atoms with Gasteiger partial charge in [0.05, 0.1) is 17.9 Å². The van der Waals surface area contributed by atoms with Gasteiger partial charge in [0.25, 0.3) is 5.91 Å². The maximum Gasteiger partial charge on any atom is 0.291 e. The molecule has 2 bridgehead atoms. The van der Waals surface area contributed by atoms with Gasteiger partial charge in [-0.25, -0.2) is 9.97 Å². The zero-order chi connectivity index (χ0) is 22.8. The van der Waals surface area contributed by atoms with Crippen LogP contribution in [-0.2, 0) is 0 Å². The van der Waals surface area contributed by atoms with E-state index < -0.39 is 0 Å². The highest BCUT2D eigenvalue weighted by Gasteiger charge is 2.45. The van der Waals surface area contributed by atoms with Crippen molar-refractivity contribution >= 4 is 28.3 Å². The van der Waals surface area contributed by atoms with Crippen LogP contribution in [0.2, 0.25) is 0 Å². The molecule has 4 N–H and O–H groups in total. The quantitative estimate of drug-likeness (QED) is 0.379. The van der Waals surface area contributed by atoms with Crippen molar-refractivity contribution in [3.8, 4) is 11.1 Å². The number of carbonyl (C=O) groups excluding carboxylic acids is 1. The maximum atomic E-state index is 13.0. The van der Waals surface area contributed by atoms with Crippen LogP contribution in [-0.4, -0.2) is 62.9 Å². The minimum absolute atomic E-state index is 0.0707. The average Bonchev–Trinajstić information content (AvgIpc) is 3.64. The number of carbonyl (C=O) groups is 1. The first-order chi connectivity index (χ1) is 16.7. The number of fused-ring (bicyclic) bond motifs is 4. The molecule has 6 heterocycles. The van der Waals surface area contributed by atoms with Gasteiger partial charge in [-0.3, -0.25) is 15.0 Å². The largest absolute Gasteiger partial charge is 0.384 e. The van der Waals surface area contributed by atoms with E-state index >= 15 is 0 Å². The molecule has 170 valence electrons. The molecule has 7 rings (SSSR count). The molecule has 1 amide bonds. The van der Waals surface area contributed by atoms with Gasteiger partial charge in [0.2, 0.25) is 5.82 Å². The average molecular weight is 454 g/mol. The third-order valence-electron chi connectivity index (χ3n) is 7.28. The number of amides is 1. The number of hydrogen-bond acceptors (Lipinski definition) is 7. The van der Waals surface area contributed by atoms with Crippen LogP contribution < -0.4 is 5.73 Å². The summed E-state index contributed by atoms with van der Waals surface area (Å²) in [6.45, 7) is 0. The topological polar surface area (TPSA) is 147 Å². The number of piperidine rings is 1. The van der Waals surface area contributed by atoms with Crippen LogP contribution >= 0.6 is 0 Å². The summed E-state index contributed by atoms with van der Waals surface area (Å²) in [5.41, 5.74) is 11.0. The van der Waals surface area contributed by atoms with Crippen molar-refractivity contribution in [2.45, 2.75) is 43.7 Å². The fourth-order valence-corrected chi connectivity index (χ4v) is 5.70. The Hall–Kier alpha value is -4.28. The summed E-state index contributed by atoms with van der Waals surface area (Å²) >= 11 is 0. The number of aromatic amines is 2. The summed E-state index contributed by atoms with van der Waals surface area (Å²) in [5, 5.41) is 19.2. The SMILES string of the molecule is Nc1cc(C2CC3CCC(C2)N3C(=O)c2ncn[nH]2)nc2c(-c3ccc4cn[nH]c4c3)cnn12. The Morgan fingerprint density at radius 1 is 1.06 bits per heavy atom. The van der Waals surface area contributed by atoms with Gasteiger partial charge in [-0.2, -0.15) is 19.8 Å². The highest BCUT2D eigenvalue weighted by molar-refractivity contribution is 5.91. The van der Waals surface area contributed by atoms with Crippen molar-refractivity contribution in [2.75, 3.05) is 5.73 Å². The molecular weight excluding hydrogens is 432 g/mol. The number of aromatic nitrogens is 8. The van der Waals surface area contributed by atoms with Crippen molar-refractivity contribution < 1.29 is 4.79 Å². The number of hydrogen-bond donors (Lipinski definition) is 3. The summed E-state index contributed by atoms with van der Waals surface area (Å²) in [4.78, 5) is 24.1. The highest BCUT2D eigenvalue weighted by Crippen LogP contribution is 2.43. The van der Waals surface area contributed by atoms with Crippen LogP contribution in [0, 0.1) is 0 Å². The molecule has 2 unspecified atom stereocenters. The summed E-state index contributed by atoms with van der Waals surface area (Å²) in [6, 6.07) is 8.38. The van der Waals surface area contributed by atoms with E-state index in [9.17, 15) is 4.79 Å². The minimum atomic E-state index is -0.0707. The predicted molar refractivity (Wildman–Crippen MR) is 124 cm³/mol. The Balaban J connectivity index is 1.23. The first kappa shape index (κ1) is 19.2. The Morgan fingerprint density at radius 3 is 2.71 bits per heavy atom. The van der Waals surface area contributed by atoms with Gasteiger partial charge in [0, 0.05) is 40.7 Å². The number of nitrogens with two attached hydrogens (primary N) is 1. The molecule has 2 saturated heterocycles. The molecule has 2 fully saturated rings. The smallest absolute Gasteiger partial charge is 0.291 e. The maximum absolute atomic E-state index is 13.0. The molecule has 0 spiro atoms. The number of anilines is 1. The first-order valence-electron chi connectivity index (χ1n) is 11.4. The van der Waals surface area contributed by atoms with E-state index in [-0.39, 0.29) is 23.9 Å². The van der Waals surface area contributed by atoms with Gasteiger partial charge in [-0.1, -0.05) is 12.1 Å².